The van der Waals surface area contributed by atoms with Crippen molar-refractivity contribution in [3.63, 3.8) is 0 Å². The minimum atomic E-state index is 0.350. The number of rotatable bonds is 17. The smallest absolute Gasteiger partial charge is 0.188 e. The van der Waals surface area contributed by atoms with Crippen molar-refractivity contribution in [1.82, 2.24) is 4.90 Å². The molecule has 1 aliphatic heterocycles. The van der Waals surface area contributed by atoms with Crippen molar-refractivity contribution in [3.05, 3.63) is 25.3 Å². The number of hydrogen-bond donors (Lipinski definition) is 0. The van der Waals surface area contributed by atoms with Crippen LogP contribution in [0.4, 0.5) is 0 Å². The molecular formula is C28H52BrNO2S2. The molecule has 0 aromatic carbocycles. The maximum atomic E-state index is 11.3. The molecule has 34 heavy (non-hydrogen) atoms. The van der Waals surface area contributed by atoms with Gasteiger partial charge in [-0.2, -0.15) is 0 Å². The SMILES string of the molecule is C=CCCBr.C=CCCSC(=O)CCCCCCC.CCCCCCCC(=S)N1CCOCC1. The average Bonchev–Trinajstić information content (AvgIpc) is 2.86. The highest BCUT2D eigenvalue weighted by molar-refractivity contribution is 9.09. The Bertz CT molecular complexity index is 483. The number of alkyl halides is 1. The molecule has 0 aromatic heterocycles. The van der Waals surface area contributed by atoms with E-state index in [9.17, 15) is 4.79 Å². The molecule has 0 aliphatic carbocycles. The van der Waals surface area contributed by atoms with Crippen LogP contribution in [0.3, 0.4) is 0 Å². The number of thioether (sulfide) groups is 1. The highest BCUT2D eigenvalue weighted by Gasteiger charge is 2.12. The predicted molar refractivity (Wildman–Crippen MR) is 163 cm³/mol. The van der Waals surface area contributed by atoms with E-state index in [2.05, 4.69) is 47.8 Å². The number of morpholine rings is 1. The van der Waals surface area contributed by atoms with Gasteiger partial charge in [0.05, 0.1) is 18.2 Å². The van der Waals surface area contributed by atoms with Gasteiger partial charge in [0.1, 0.15) is 0 Å². The summed E-state index contributed by atoms with van der Waals surface area (Å²) in [5, 5.41) is 1.39. The van der Waals surface area contributed by atoms with Gasteiger partial charge in [0, 0.05) is 30.6 Å². The van der Waals surface area contributed by atoms with Gasteiger partial charge in [-0.25, -0.2) is 0 Å². The zero-order chi connectivity index (χ0) is 25.7. The van der Waals surface area contributed by atoms with E-state index in [-0.39, 0.29) is 0 Å². The first kappa shape index (κ1) is 36.0. The van der Waals surface area contributed by atoms with Crippen molar-refractivity contribution in [2.45, 2.75) is 104 Å². The quantitative estimate of drug-likeness (QED) is 0.0743. The van der Waals surface area contributed by atoms with Gasteiger partial charge in [-0.05, 0) is 32.1 Å². The first-order valence-electron chi connectivity index (χ1n) is 13.4. The number of unbranched alkanes of at least 4 members (excludes halogenated alkanes) is 8. The molecule has 0 spiro atoms. The molecular weight excluding hydrogens is 526 g/mol. The van der Waals surface area contributed by atoms with E-state index in [0.29, 0.717) is 5.12 Å². The van der Waals surface area contributed by atoms with Crippen LogP contribution in [0.5, 0.6) is 0 Å². The molecule has 0 aromatic rings. The van der Waals surface area contributed by atoms with Crippen LogP contribution in [0.2, 0.25) is 0 Å². The molecule has 1 rings (SSSR count). The number of allylic oxidation sites excluding steroid dienone is 2. The fourth-order valence-electron chi connectivity index (χ4n) is 3.13. The van der Waals surface area contributed by atoms with Crippen molar-refractivity contribution >= 4 is 50.0 Å². The second-order valence-corrected chi connectivity index (χ2v) is 10.8. The third-order valence-electron chi connectivity index (χ3n) is 5.24. The van der Waals surface area contributed by atoms with Crippen molar-refractivity contribution in [1.29, 1.82) is 0 Å². The van der Waals surface area contributed by atoms with Gasteiger partial charge >= 0.3 is 0 Å². The summed E-state index contributed by atoms with van der Waals surface area (Å²) in [6, 6.07) is 0. The Labute approximate surface area is 230 Å². The minimum absolute atomic E-state index is 0.350. The summed E-state index contributed by atoms with van der Waals surface area (Å²) in [7, 11) is 0. The third kappa shape index (κ3) is 28.1. The zero-order valence-electron chi connectivity index (χ0n) is 22.2. The fraction of sp³-hybridized carbons (Fsp3) is 0.786. The van der Waals surface area contributed by atoms with Crippen LogP contribution in [-0.4, -0.2) is 52.4 Å². The molecule has 1 heterocycles. The number of carbonyl (C=O) groups is 1. The summed E-state index contributed by atoms with van der Waals surface area (Å²) in [6.07, 6.45) is 20.4. The second kappa shape index (κ2) is 30.9. The lowest BCUT2D eigenvalue weighted by molar-refractivity contribution is -0.111. The van der Waals surface area contributed by atoms with E-state index in [1.54, 1.807) is 0 Å². The monoisotopic (exact) mass is 577 g/mol. The molecule has 0 unspecified atom stereocenters. The van der Waals surface area contributed by atoms with E-state index in [1.807, 2.05) is 12.2 Å². The normalized spacial score (nSPS) is 12.6. The van der Waals surface area contributed by atoms with E-state index in [4.69, 9.17) is 17.0 Å². The first-order chi connectivity index (χ1) is 16.6. The average molecular weight is 579 g/mol. The summed E-state index contributed by atoms with van der Waals surface area (Å²) in [5.74, 6) is 0.900. The summed E-state index contributed by atoms with van der Waals surface area (Å²) in [6.45, 7) is 15.3. The molecule has 0 radical (unpaired) electrons. The highest BCUT2D eigenvalue weighted by atomic mass is 79.9. The predicted octanol–water partition coefficient (Wildman–Crippen LogP) is 9.15. The van der Waals surface area contributed by atoms with Gasteiger partial charge in [0.15, 0.2) is 5.12 Å². The summed E-state index contributed by atoms with van der Waals surface area (Å²) >= 11 is 10.1. The molecule has 3 nitrogen and oxygen atoms in total. The lowest BCUT2D eigenvalue weighted by atomic mass is 10.1. The Morgan fingerprint density at radius 3 is 1.91 bits per heavy atom. The second-order valence-electron chi connectivity index (χ2n) is 8.39. The van der Waals surface area contributed by atoms with Crippen LogP contribution in [0.15, 0.2) is 25.3 Å². The molecule has 1 aliphatic rings. The van der Waals surface area contributed by atoms with Gasteiger partial charge in [-0.1, -0.05) is 117 Å². The minimum Gasteiger partial charge on any atom is -0.378 e. The van der Waals surface area contributed by atoms with Gasteiger partial charge in [0.25, 0.3) is 0 Å². The summed E-state index contributed by atoms with van der Waals surface area (Å²) in [4.78, 5) is 14.7. The van der Waals surface area contributed by atoms with Crippen molar-refractivity contribution in [2.24, 2.45) is 0 Å². The summed E-state index contributed by atoms with van der Waals surface area (Å²) in [5.41, 5.74) is 0. The van der Waals surface area contributed by atoms with Crippen LogP contribution < -0.4 is 0 Å². The third-order valence-corrected chi connectivity index (χ3v) is 7.13. The standard InChI is InChI=1S/C12H23NOS.C12H22OS.C4H7Br/c1-2-3-4-5-6-7-12(15)13-8-10-14-11-9-13;1-3-5-7-8-9-10-12(13)14-11-6-4-2;1-2-3-4-5/h2-11H2,1H3;4H,2-3,5-11H2,1H3;2H,1,3-4H2. The van der Waals surface area contributed by atoms with Crippen molar-refractivity contribution in [2.75, 3.05) is 37.4 Å². The Kier molecular flexibility index (Phi) is 32.7. The number of nitrogens with zero attached hydrogens (tertiary/aromatic N) is 1. The lowest BCUT2D eigenvalue weighted by Crippen LogP contribution is -2.39. The number of thiocarbonyl (C=S) groups is 1. The molecule has 0 atom stereocenters. The molecule has 200 valence electrons. The van der Waals surface area contributed by atoms with E-state index in [1.165, 1.54) is 69.5 Å². The van der Waals surface area contributed by atoms with E-state index in [0.717, 1.165) is 74.5 Å². The lowest BCUT2D eigenvalue weighted by Gasteiger charge is -2.29. The Morgan fingerprint density at radius 1 is 0.912 bits per heavy atom. The Morgan fingerprint density at radius 2 is 1.44 bits per heavy atom. The Balaban J connectivity index is 0. The molecule has 0 N–H and O–H groups in total. The molecule has 6 heteroatoms. The summed E-state index contributed by atoms with van der Waals surface area (Å²) < 4.78 is 5.31. The molecule has 0 bridgehead atoms. The van der Waals surface area contributed by atoms with Crippen molar-refractivity contribution < 1.29 is 9.53 Å². The van der Waals surface area contributed by atoms with Gasteiger partial charge in [0.2, 0.25) is 0 Å². The Hall–Kier alpha value is -0.170. The zero-order valence-corrected chi connectivity index (χ0v) is 25.4. The number of ether oxygens (including phenoxy) is 1. The maximum Gasteiger partial charge on any atom is 0.188 e. The topological polar surface area (TPSA) is 29.5 Å². The van der Waals surface area contributed by atoms with Gasteiger partial charge in [-0.15, -0.1) is 13.2 Å². The maximum absolute atomic E-state index is 11.3. The van der Waals surface area contributed by atoms with Gasteiger partial charge < -0.3 is 9.64 Å². The van der Waals surface area contributed by atoms with Gasteiger partial charge in [-0.3, -0.25) is 4.79 Å². The van der Waals surface area contributed by atoms with Crippen LogP contribution in [-0.2, 0) is 9.53 Å². The molecule has 1 saturated heterocycles. The fourth-order valence-corrected chi connectivity index (χ4v) is 4.58. The molecule has 1 fully saturated rings. The van der Waals surface area contributed by atoms with Crippen LogP contribution in [0.25, 0.3) is 0 Å². The first-order valence-corrected chi connectivity index (χ1v) is 15.9. The number of halogens is 1. The number of hydrogen-bond acceptors (Lipinski definition) is 4. The largest absolute Gasteiger partial charge is 0.378 e. The molecule has 0 amide bonds. The van der Waals surface area contributed by atoms with Crippen LogP contribution >= 0.6 is 39.9 Å². The van der Waals surface area contributed by atoms with Crippen LogP contribution in [0.1, 0.15) is 104 Å². The number of carbonyl (C=O) groups excluding carboxylic acids is 1. The van der Waals surface area contributed by atoms with E-state index >= 15 is 0 Å². The van der Waals surface area contributed by atoms with Crippen molar-refractivity contribution in [3.8, 4) is 0 Å². The van der Waals surface area contributed by atoms with Crippen LogP contribution in [0, 0.1) is 0 Å². The highest BCUT2D eigenvalue weighted by Crippen LogP contribution is 2.12. The molecule has 0 saturated carbocycles. The van der Waals surface area contributed by atoms with E-state index < -0.39 is 0 Å².